The molecule has 2 aliphatic rings. The minimum Gasteiger partial charge on any atom is -0.489 e. The first kappa shape index (κ1) is 21.7. The van der Waals surface area contributed by atoms with Crippen LogP contribution >= 0.6 is 0 Å². The van der Waals surface area contributed by atoms with Crippen molar-refractivity contribution < 1.29 is 18.6 Å². The van der Waals surface area contributed by atoms with Crippen LogP contribution in [0.4, 0.5) is 16.0 Å². The lowest BCUT2D eigenvalue weighted by Gasteiger charge is -2.19. The number of rotatable bonds is 7. The van der Waals surface area contributed by atoms with E-state index in [2.05, 4.69) is 20.3 Å². The second kappa shape index (κ2) is 9.42. The smallest absolute Gasteiger partial charge is 0.247 e. The van der Waals surface area contributed by atoms with Gasteiger partial charge >= 0.3 is 0 Å². The number of hydrogen-bond acceptors (Lipinski definition) is 7. The van der Waals surface area contributed by atoms with Crippen molar-refractivity contribution in [2.24, 2.45) is 0 Å². The molecule has 0 saturated carbocycles. The Morgan fingerprint density at radius 3 is 2.69 bits per heavy atom. The maximum atomic E-state index is 14.6. The van der Waals surface area contributed by atoms with Crippen LogP contribution in [0.5, 0.6) is 17.2 Å². The Labute approximate surface area is 202 Å². The van der Waals surface area contributed by atoms with E-state index in [4.69, 9.17) is 14.2 Å². The molecule has 0 amide bonds. The van der Waals surface area contributed by atoms with Crippen LogP contribution in [-0.4, -0.2) is 59.0 Å². The zero-order valence-corrected chi connectivity index (χ0v) is 19.2. The van der Waals surface area contributed by atoms with Crippen LogP contribution in [0, 0.1) is 5.82 Å². The predicted molar refractivity (Wildman–Crippen MR) is 130 cm³/mol. The van der Waals surface area contributed by atoms with Crippen molar-refractivity contribution in [3.63, 3.8) is 0 Å². The van der Waals surface area contributed by atoms with Gasteiger partial charge < -0.3 is 19.5 Å². The van der Waals surface area contributed by atoms with E-state index in [1.807, 2.05) is 36.4 Å². The summed E-state index contributed by atoms with van der Waals surface area (Å²) in [6.45, 7) is 4.55. The highest BCUT2D eigenvalue weighted by atomic mass is 19.1. The molecule has 8 nitrogen and oxygen atoms in total. The van der Waals surface area contributed by atoms with Gasteiger partial charge in [0, 0.05) is 23.9 Å². The molecule has 2 aromatic carbocycles. The van der Waals surface area contributed by atoms with Gasteiger partial charge in [-0.3, -0.25) is 4.90 Å². The molecule has 35 heavy (non-hydrogen) atoms. The van der Waals surface area contributed by atoms with Crippen LogP contribution in [0.1, 0.15) is 12.8 Å². The van der Waals surface area contributed by atoms with E-state index in [-0.39, 0.29) is 5.75 Å². The quantitative estimate of drug-likeness (QED) is 0.421. The molecular weight excluding hydrogens is 449 g/mol. The van der Waals surface area contributed by atoms with Crippen molar-refractivity contribution in [1.82, 2.24) is 19.5 Å². The summed E-state index contributed by atoms with van der Waals surface area (Å²) < 4.78 is 33.4. The van der Waals surface area contributed by atoms with E-state index in [0.717, 1.165) is 36.6 Å². The van der Waals surface area contributed by atoms with E-state index >= 15 is 0 Å². The number of benzene rings is 2. The third-order valence-electron chi connectivity index (χ3n) is 6.25. The molecule has 0 atom stereocenters. The summed E-state index contributed by atoms with van der Waals surface area (Å²) in [5, 5.41) is 7.70. The fraction of sp³-hybridized carbons (Fsp3) is 0.308. The second-order valence-electron chi connectivity index (χ2n) is 8.64. The van der Waals surface area contributed by atoms with Crippen LogP contribution in [0.2, 0.25) is 0 Å². The Morgan fingerprint density at radius 1 is 0.971 bits per heavy atom. The topological polar surface area (TPSA) is 73.2 Å². The monoisotopic (exact) mass is 475 g/mol. The molecule has 0 bridgehead atoms. The Bertz CT molecular complexity index is 1350. The first-order valence-electron chi connectivity index (χ1n) is 11.9. The molecule has 0 radical (unpaired) electrons. The molecule has 4 aromatic rings. The van der Waals surface area contributed by atoms with Crippen molar-refractivity contribution in [3.8, 4) is 28.5 Å². The highest BCUT2D eigenvalue weighted by molar-refractivity contribution is 5.68. The minimum atomic E-state index is -0.419. The summed E-state index contributed by atoms with van der Waals surface area (Å²) in [6, 6.07) is 16.4. The molecule has 9 heteroatoms. The fourth-order valence-corrected chi connectivity index (χ4v) is 4.50. The normalized spacial score (nSPS) is 15.5. The van der Waals surface area contributed by atoms with Crippen molar-refractivity contribution in [1.29, 1.82) is 0 Å². The van der Waals surface area contributed by atoms with E-state index in [1.165, 1.54) is 18.9 Å². The lowest BCUT2D eigenvalue weighted by molar-refractivity contribution is 0.171. The van der Waals surface area contributed by atoms with Gasteiger partial charge in [0.15, 0.2) is 28.7 Å². The summed E-state index contributed by atoms with van der Waals surface area (Å²) in [5.74, 6) is 1.65. The van der Waals surface area contributed by atoms with Crippen LogP contribution in [0.3, 0.4) is 0 Å². The number of hydrogen-bond donors (Lipinski definition) is 1. The number of pyridine rings is 1. The van der Waals surface area contributed by atoms with Gasteiger partial charge in [-0.25, -0.2) is 8.91 Å². The molecule has 2 aliphatic heterocycles. The number of nitrogens with one attached hydrogen (secondary N) is 1. The lowest BCUT2D eigenvalue weighted by atomic mass is 10.1. The van der Waals surface area contributed by atoms with Crippen LogP contribution < -0.4 is 19.5 Å². The number of ether oxygens (including phenoxy) is 3. The predicted octanol–water partition coefficient (Wildman–Crippen LogP) is 4.52. The highest BCUT2D eigenvalue weighted by Crippen LogP contribution is 2.34. The number of aromatic nitrogens is 3. The van der Waals surface area contributed by atoms with Gasteiger partial charge in [0.2, 0.25) is 5.95 Å². The van der Waals surface area contributed by atoms with E-state index in [1.54, 1.807) is 16.6 Å². The summed E-state index contributed by atoms with van der Waals surface area (Å²) >= 11 is 0. The number of nitrogens with zero attached hydrogens (tertiary/aromatic N) is 4. The maximum Gasteiger partial charge on any atom is 0.247 e. The zero-order chi connectivity index (χ0) is 23.6. The lowest BCUT2D eigenvalue weighted by Crippen LogP contribution is -2.25. The van der Waals surface area contributed by atoms with Crippen LogP contribution in [0.15, 0.2) is 54.6 Å². The van der Waals surface area contributed by atoms with Gasteiger partial charge in [0.25, 0.3) is 0 Å². The summed E-state index contributed by atoms with van der Waals surface area (Å²) in [5.41, 5.74) is 3.00. The third kappa shape index (κ3) is 4.59. The first-order chi connectivity index (χ1) is 17.2. The van der Waals surface area contributed by atoms with Crippen molar-refractivity contribution in [3.05, 3.63) is 60.4 Å². The maximum absolute atomic E-state index is 14.6. The van der Waals surface area contributed by atoms with Gasteiger partial charge in [-0.1, -0.05) is 6.07 Å². The van der Waals surface area contributed by atoms with Crippen molar-refractivity contribution in [2.45, 2.75) is 12.8 Å². The summed E-state index contributed by atoms with van der Waals surface area (Å²) in [4.78, 5) is 6.89. The number of anilines is 2. The summed E-state index contributed by atoms with van der Waals surface area (Å²) in [6.07, 6.45) is 2.45. The SMILES string of the molecule is Fc1cc(Nc2nc3cccc(-c4ccc5c(c4)OCCO5)n3n2)ccc1OCCN1CCCC1. The number of halogens is 1. The van der Waals surface area contributed by atoms with Gasteiger partial charge in [-0.05, 0) is 68.4 Å². The molecule has 0 aliphatic carbocycles. The molecule has 1 fully saturated rings. The average molecular weight is 476 g/mol. The van der Waals surface area contributed by atoms with Crippen LogP contribution in [0.25, 0.3) is 16.9 Å². The molecule has 0 unspecified atom stereocenters. The molecule has 0 spiro atoms. The van der Waals surface area contributed by atoms with Gasteiger partial charge in [0.1, 0.15) is 19.8 Å². The molecule has 180 valence electrons. The van der Waals surface area contributed by atoms with Crippen molar-refractivity contribution in [2.75, 3.05) is 44.8 Å². The molecular formula is C26H26FN5O3. The largest absolute Gasteiger partial charge is 0.489 e. The Balaban J connectivity index is 1.19. The van der Waals surface area contributed by atoms with Crippen molar-refractivity contribution >= 4 is 17.3 Å². The standard InChI is InChI=1S/C26H26FN5O3/c27-20-17-19(7-9-22(20)33-13-12-31-10-1-2-11-31)28-26-29-25-5-3-4-21(32(25)30-26)18-6-8-23-24(16-18)35-15-14-34-23/h3-9,16-17H,1-2,10-15H2,(H,28,30). The van der Waals surface area contributed by atoms with Gasteiger partial charge in [0.05, 0.1) is 5.69 Å². The summed E-state index contributed by atoms with van der Waals surface area (Å²) in [7, 11) is 0. The third-order valence-corrected chi connectivity index (χ3v) is 6.25. The molecule has 1 saturated heterocycles. The average Bonchev–Trinajstić information content (AvgIpc) is 3.54. The number of likely N-dealkylation sites (tertiary alicyclic amines) is 1. The Morgan fingerprint density at radius 2 is 1.83 bits per heavy atom. The Hall–Kier alpha value is -3.85. The van der Waals surface area contributed by atoms with E-state index in [9.17, 15) is 4.39 Å². The fourth-order valence-electron chi connectivity index (χ4n) is 4.50. The zero-order valence-electron chi connectivity index (χ0n) is 19.2. The van der Waals surface area contributed by atoms with E-state index < -0.39 is 5.82 Å². The molecule has 1 N–H and O–H groups in total. The minimum absolute atomic E-state index is 0.249. The highest BCUT2D eigenvalue weighted by Gasteiger charge is 2.16. The second-order valence-corrected chi connectivity index (χ2v) is 8.64. The van der Waals surface area contributed by atoms with Gasteiger partial charge in [-0.2, -0.15) is 4.98 Å². The molecule has 6 rings (SSSR count). The first-order valence-corrected chi connectivity index (χ1v) is 11.9. The molecule has 2 aromatic heterocycles. The van der Waals surface area contributed by atoms with Crippen LogP contribution in [-0.2, 0) is 0 Å². The molecule has 4 heterocycles. The van der Waals surface area contributed by atoms with Gasteiger partial charge in [-0.15, -0.1) is 5.10 Å². The Kier molecular flexibility index (Phi) is 5.83. The van der Waals surface area contributed by atoms with E-state index in [0.29, 0.717) is 42.9 Å². The number of fused-ring (bicyclic) bond motifs is 2.